The molecule has 2 rings (SSSR count). The van der Waals surface area contributed by atoms with E-state index < -0.39 is 30.6 Å². The fourth-order valence-corrected chi connectivity index (χ4v) is 2.52. The van der Waals surface area contributed by atoms with Crippen molar-refractivity contribution in [2.45, 2.75) is 12.5 Å². The molecule has 27 heavy (non-hydrogen) atoms. The van der Waals surface area contributed by atoms with Gasteiger partial charge in [-0.15, -0.1) is 0 Å². The minimum absolute atomic E-state index is 0.178. The van der Waals surface area contributed by atoms with Crippen molar-refractivity contribution >= 4 is 46.8 Å². The van der Waals surface area contributed by atoms with Crippen LogP contribution < -0.4 is 16.4 Å². The first kappa shape index (κ1) is 20.5. The van der Waals surface area contributed by atoms with Crippen LogP contribution in [-0.4, -0.2) is 30.6 Å². The number of nitrogens with two attached hydrogens (primary N) is 1. The van der Waals surface area contributed by atoms with Gasteiger partial charge in [0, 0.05) is 12.1 Å². The molecule has 3 amide bonds. The zero-order valence-electron chi connectivity index (χ0n) is 14.1. The van der Waals surface area contributed by atoms with Crippen molar-refractivity contribution in [2.24, 2.45) is 5.73 Å². The molecule has 0 fully saturated rings. The molecule has 142 valence electrons. The van der Waals surface area contributed by atoms with Gasteiger partial charge in [-0.05, 0) is 23.8 Å². The number of primary amides is 1. The summed E-state index contributed by atoms with van der Waals surface area (Å²) >= 11 is 11.7. The van der Waals surface area contributed by atoms with Crippen LogP contribution in [0.25, 0.3) is 0 Å². The Hall–Kier alpha value is -2.77. The van der Waals surface area contributed by atoms with Gasteiger partial charge in [0.15, 0.2) is 6.61 Å². The molecule has 0 heterocycles. The second kappa shape index (κ2) is 9.80. The number of rotatable bonds is 7. The Morgan fingerprint density at radius 1 is 1.04 bits per heavy atom. The van der Waals surface area contributed by atoms with E-state index in [1.807, 2.05) is 6.07 Å². The highest BCUT2D eigenvalue weighted by Gasteiger charge is 2.22. The number of benzene rings is 2. The molecule has 9 heteroatoms. The first-order chi connectivity index (χ1) is 12.8. The van der Waals surface area contributed by atoms with E-state index in [-0.39, 0.29) is 11.4 Å². The average molecular weight is 410 g/mol. The lowest BCUT2D eigenvalue weighted by atomic mass is 10.1. The summed E-state index contributed by atoms with van der Waals surface area (Å²) in [6.07, 6.45) is 0.178. The molecule has 1 atom stereocenters. The van der Waals surface area contributed by atoms with Crippen LogP contribution >= 0.6 is 23.2 Å². The average Bonchev–Trinajstić information content (AvgIpc) is 2.63. The summed E-state index contributed by atoms with van der Waals surface area (Å²) < 4.78 is 4.98. The van der Waals surface area contributed by atoms with Crippen LogP contribution in [0, 0.1) is 0 Å². The van der Waals surface area contributed by atoms with Gasteiger partial charge in [0.1, 0.15) is 6.04 Å². The molecule has 0 saturated heterocycles. The number of anilines is 1. The summed E-state index contributed by atoms with van der Waals surface area (Å²) in [4.78, 5) is 35.3. The third-order valence-corrected chi connectivity index (χ3v) is 4.17. The molecule has 0 radical (unpaired) electrons. The largest absolute Gasteiger partial charge is 0.454 e. The Labute approximate surface area is 165 Å². The number of halogens is 2. The minimum atomic E-state index is -1.01. The molecule has 0 saturated carbocycles. The quantitative estimate of drug-likeness (QED) is 0.610. The summed E-state index contributed by atoms with van der Waals surface area (Å²) in [7, 11) is 0. The first-order valence-corrected chi connectivity index (χ1v) is 8.62. The van der Waals surface area contributed by atoms with E-state index in [4.69, 9.17) is 33.7 Å². The summed E-state index contributed by atoms with van der Waals surface area (Å²) in [5.74, 6) is -1.35. The second-order valence-corrected chi connectivity index (χ2v) is 6.35. The summed E-state index contributed by atoms with van der Waals surface area (Å²) in [6, 6.07) is 11.7. The maximum atomic E-state index is 12.2. The lowest BCUT2D eigenvalue weighted by Gasteiger charge is -2.16. The van der Waals surface area contributed by atoms with E-state index in [2.05, 4.69) is 10.6 Å². The maximum absolute atomic E-state index is 12.2. The number of esters is 1. The number of urea groups is 1. The van der Waals surface area contributed by atoms with Crippen molar-refractivity contribution in [3.63, 3.8) is 0 Å². The Bertz CT molecular complexity index is 831. The predicted octanol–water partition coefficient (Wildman–Crippen LogP) is 2.75. The fraction of sp³-hybridized carbons (Fsp3) is 0.167. The van der Waals surface area contributed by atoms with Crippen LogP contribution in [-0.2, 0) is 20.7 Å². The normalized spacial score (nSPS) is 11.3. The van der Waals surface area contributed by atoms with Crippen molar-refractivity contribution in [3.8, 4) is 0 Å². The highest BCUT2D eigenvalue weighted by Crippen LogP contribution is 2.24. The molecule has 0 aliphatic rings. The molecule has 2 aromatic rings. The van der Waals surface area contributed by atoms with Gasteiger partial charge < -0.3 is 21.1 Å². The van der Waals surface area contributed by atoms with Crippen molar-refractivity contribution in [1.82, 2.24) is 5.32 Å². The fourth-order valence-electron chi connectivity index (χ4n) is 2.22. The molecule has 0 aliphatic carbocycles. The van der Waals surface area contributed by atoms with Gasteiger partial charge in [-0.2, -0.15) is 0 Å². The van der Waals surface area contributed by atoms with Gasteiger partial charge in [0.25, 0.3) is 5.91 Å². The van der Waals surface area contributed by atoms with Gasteiger partial charge >= 0.3 is 12.0 Å². The highest BCUT2D eigenvalue weighted by atomic mass is 35.5. The third kappa shape index (κ3) is 6.80. The molecule has 0 unspecified atom stereocenters. The molecular formula is C18H17Cl2N3O4. The molecular weight excluding hydrogens is 393 g/mol. The molecule has 2 aromatic carbocycles. The summed E-state index contributed by atoms with van der Waals surface area (Å²) in [6.45, 7) is -0.537. The molecule has 0 spiro atoms. The van der Waals surface area contributed by atoms with Crippen LogP contribution in [0.5, 0.6) is 0 Å². The number of amides is 3. The van der Waals surface area contributed by atoms with Crippen LogP contribution in [0.3, 0.4) is 0 Å². The molecule has 7 nitrogen and oxygen atoms in total. The van der Waals surface area contributed by atoms with Gasteiger partial charge in [0.2, 0.25) is 0 Å². The van der Waals surface area contributed by atoms with Crippen molar-refractivity contribution < 1.29 is 19.1 Å². The van der Waals surface area contributed by atoms with Crippen LogP contribution in [0.1, 0.15) is 5.56 Å². The van der Waals surface area contributed by atoms with Gasteiger partial charge in [-0.25, -0.2) is 9.59 Å². The Morgan fingerprint density at radius 3 is 2.37 bits per heavy atom. The third-order valence-electron chi connectivity index (χ3n) is 3.43. The summed E-state index contributed by atoms with van der Waals surface area (Å²) in [5.41, 5.74) is 6.31. The number of carbonyl (C=O) groups is 3. The SMILES string of the molecule is NC(=O)N[C@@H](Cc1ccccc1)C(=O)OCC(=O)Nc1ccc(Cl)c(Cl)c1. The number of ether oxygens (including phenoxy) is 1. The molecule has 0 bridgehead atoms. The lowest BCUT2D eigenvalue weighted by Crippen LogP contribution is -2.46. The smallest absolute Gasteiger partial charge is 0.329 e. The molecule has 0 aliphatic heterocycles. The Balaban J connectivity index is 1.92. The minimum Gasteiger partial charge on any atom is -0.454 e. The molecule has 0 aromatic heterocycles. The Morgan fingerprint density at radius 2 is 1.74 bits per heavy atom. The first-order valence-electron chi connectivity index (χ1n) is 7.86. The van der Waals surface area contributed by atoms with Crippen LogP contribution in [0.15, 0.2) is 48.5 Å². The predicted molar refractivity (Wildman–Crippen MR) is 103 cm³/mol. The zero-order valence-corrected chi connectivity index (χ0v) is 15.6. The second-order valence-electron chi connectivity index (χ2n) is 5.54. The van der Waals surface area contributed by atoms with Crippen LogP contribution in [0.4, 0.5) is 10.5 Å². The molecule has 4 N–H and O–H groups in total. The standard InChI is InChI=1S/C18H17Cl2N3O4/c19-13-7-6-12(9-14(13)20)22-16(24)10-27-17(25)15(23-18(21)26)8-11-4-2-1-3-5-11/h1-7,9,15H,8,10H2,(H,22,24)(H3,21,23,26)/t15-/m0/s1. The van der Waals surface area contributed by atoms with E-state index in [1.165, 1.54) is 12.1 Å². The maximum Gasteiger partial charge on any atom is 0.329 e. The van der Waals surface area contributed by atoms with Gasteiger partial charge in [0.05, 0.1) is 10.0 Å². The van der Waals surface area contributed by atoms with E-state index in [1.54, 1.807) is 30.3 Å². The van der Waals surface area contributed by atoms with Crippen molar-refractivity contribution in [2.75, 3.05) is 11.9 Å². The number of hydrogen-bond acceptors (Lipinski definition) is 4. The number of nitrogens with one attached hydrogen (secondary N) is 2. The van der Waals surface area contributed by atoms with E-state index in [0.29, 0.717) is 10.7 Å². The van der Waals surface area contributed by atoms with E-state index in [9.17, 15) is 14.4 Å². The summed E-state index contributed by atoms with van der Waals surface area (Å²) in [5, 5.41) is 5.47. The van der Waals surface area contributed by atoms with E-state index >= 15 is 0 Å². The van der Waals surface area contributed by atoms with Crippen molar-refractivity contribution in [3.05, 3.63) is 64.1 Å². The van der Waals surface area contributed by atoms with Crippen LogP contribution in [0.2, 0.25) is 10.0 Å². The monoisotopic (exact) mass is 409 g/mol. The van der Waals surface area contributed by atoms with Gasteiger partial charge in [-0.3, -0.25) is 4.79 Å². The topological polar surface area (TPSA) is 111 Å². The van der Waals surface area contributed by atoms with Gasteiger partial charge in [-0.1, -0.05) is 53.5 Å². The lowest BCUT2D eigenvalue weighted by molar-refractivity contribution is -0.149. The van der Waals surface area contributed by atoms with Crippen molar-refractivity contribution in [1.29, 1.82) is 0 Å². The number of hydrogen-bond donors (Lipinski definition) is 3. The Kier molecular flexibility index (Phi) is 7.45. The number of carbonyl (C=O) groups excluding carboxylic acids is 3. The highest BCUT2D eigenvalue weighted by molar-refractivity contribution is 6.42. The van der Waals surface area contributed by atoms with E-state index in [0.717, 1.165) is 5.56 Å². The zero-order chi connectivity index (χ0) is 19.8.